The maximum absolute atomic E-state index is 11.2. The molecule has 17 heavy (non-hydrogen) atoms. The maximum atomic E-state index is 11.2. The highest BCUT2D eigenvalue weighted by atomic mass is 16.4. The number of amides is 3. The number of urea groups is 1. The normalized spacial score (nSPS) is 9.41. The zero-order chi connectivity index (χ0) is 12.8. The van der Waals surface area contributed by atoms with Crippen LogP contribution < -0.4 is 16.4 Å². The highest BCUT2D eigenvalue weighted by molar-refractivity contribution is 5.96. The standard InChI is InChI=1S/C10H11N3O4/c11-9(16)6-2-1-3-7(4-6)13-10(17)12-5-8(14)15/h1-4H,5H2,(H2,11,16)(H,14,15)(H2,12,13,17). The van der Waals surface area contributed by atoms with Gasteiger partial charge in [-0.05, 0) is 18.2 Å². The predicted octanol–water partition coefficient (Wildman–Crippen LogP) is -0.00840. The lowest BCUT2D eigenvalue weighted by molar-refractivity contribution is -0.135. The summed E-state index contributed by atoms with van der Waals surface area (Å²) in [5.41, 5.74) is 5.67. The molecule has 90 valence electrons. The van der Waals surface area contributed by atoms with Crippen molar-refractivity contribution in [2.45, 2.75) is 0 Å². The van der Waals surface area contributed by atoms with Crippen LogP contribution in [-0.4, -0.2) is 29.6 Å². The molecular weight excluding hydrogens is 226 g/mol. The van der Waals surface area contributed by atoms with Gasteiger partial charge in [0.15, 0.2) is 0 Å². The molecule has 0 atom stereocenters. The van der Waals surface area contributed by atoms with Gasteiger partial charge in [0.25, 0.3) is 0 Å². The first-order valence-corrected chi connectivity index (χ1v) is 4.65. The number of benzene rings is 1. The monoisotopic (exact) mass is 237 g/mol. The summed E-state index contributed by atoms with van der Waals surface area (Å²) in [7, 11) is 0. The van der Waals surface area contributed by atoms with Gasteiger partial charge in [-0.3, -0.25) is 9.59 Å². The molecule has 0 bridgehead atoms. The second-order valence-electron chi connectivity index (χ2n) is 3.15. The lowest BCUT2D eigenvalue weighted by Crippen LogP contribution is -2.33. The molecule has 0 aliphatic heterocycles. The Morgan fingerprint density at radius 1 is 1.29 bits per heavy atom. The second-order valence-corrected chi connectivity index (χ2v) is 3.15. The van der Waals surface area contributed by atoms with Crippen LogP contribution in [0.3, 0.4) is 0 Å². The van der Waals surface area contributed by atoms with Gasteiger partial charge < -0.3 is 21.5 Å². The number of carboxylic acid groups (broad SMARTS) is 1. The summed E-state index contributed by atoms with van der Waals surface area (Å²) >= 11 is 0. The van der Waals surface area contributed by atoms with Crippen LogP contribution in [-0.2, 0) is 4.79 Å². The molecule has 3 amide bonds. The SMILES string of the molecule is NC(=O)c1cccc(NC(=O)NCC(=O)O)c1. The number of rotatable bonds is 4. The maximum Gasteiger partial charge on any atom is 0.323 e. The summed E-state index contributed by atoms with van der Waals surface area (Å²) in [6, 6.07) is 5.32. The van der Waals surface area contributed by atoms with Crippen molar-refractivity contribution in [2.75, 3.05) is 11.9 Å². The molecule has 7 nitrogen and oxygen atoms in total. The molecule has 0 unspecified atom stereocenters. The lowest BCUT2D eigenvalue weighted by Gasteiger charge is -2.06. The Morgan fingerprint density at radius 2 is 2.00 bits per heavy atom. The van der Waals surface area contributed by atoms with Gasteiger partial charge in [0.1, 0.15) is 6.54 Å². The number of hydrogen-bond donors (Lipinski definition) is 4. The third kappa shape index (κ3) is 4.20. The molecule has 1 aromatic rings. The summed E-state index contributed by atoms with van der Waals surface area (Å²) in [5, 5.41) is 12.8. The zero-order valence-corrected chi connectivity index (χ0v) is 8.77. The smallest absolute Gasteiger partial charge is 0.323 e. The Labute approximate surface area is 96.6 Å². The fourth-order valence-electron chi connectivity index (χ4n) is 1.08. The van der Waals surface area contributed by atoms with Crippen LogP contribution in [0.4, 0.5) is 10.5 Å². The van der Waals surface area contributed by atoms with Gasteiger partial charge in [0.05, 0.1) is 0 Å². The molecule has 0 heterocycles. The first-order valence-electron chi connectivity index (χ1n) is 4.65. The Morgan fingerprint density at radius 3 is 2.59 bits per heavy atom. The van der Waals surface area contributed by atoms with Crippen LogP contribution in [0.25, 0.3) is 0 Å². The molecule has 0 aliphatic rings. The average molecular weight is 237 g/mol. The minimum atomic E-state index is -1.15. The van der Waals surface area contributed by atoms with Gasteiger partial charge in [0, 0.05) is 11.3 Å². The molecule has 1 rings (SSSR count). The van der Waals surface area contributed by atoms with Crippen LogP contribution in [0.2, 0.25) is 0 Å². The Hall–Kier alpha value is -2.57. The average Bonchev–Trinajstić information content (AvgIpc) is 2.26. The molecule has 5 N–H and O–H groups in total. The molecule has 0 radical (unpaired) electrons. The van der Waals surface area contributed by atoms with E-state index in [9.17, 15) is 14.4 Å². The van der Waals surface area contributed by atoms with Gasteiger partial charge in [-0.25, -0.2) is 4.79 Å². The van der Waals surface area contributed by atoms with E-state index < -0.39 is 24.5 Å². The largest absolute Gasteiger partial charge is 0.480 e. The third-order valence-electron chi connectivity index (χ3n) is 1.81. The van der Waals surface area contributed by atoms with Crippen LogP contribution >= 0.6 is 0 Å². The molecule has 0 saturated heterocycles. The first-order chi connectivity index (χ1) is 7.99. The van der Waals surface area contributed by atoms with E-state index in [2.05, 4.69) is 10.6 Å². The third-order valence-corrected chi connectivity index (χ3v) is 1.81. The quantitative estimate of drug-likeness (QED) is 0.588. The topological polar surface area (TPSA) is 122 Å². The van der Waals surface area contributed by atoms with Crippen molar-refractivity contribution in [1.29, 1.82) is 0 Å². The fraction of sp³-hybridized carbons (Fsp3) is 0.100. The molecule has 0 saturated carbocycles. The van der Waals surface area contributed by atoms with Crippen molar-refractivity contribution in [3.05, 3.63) is 29.8 Å². The minimum absolute atomic E-state index is 0.251. The van der Waals surface area contributed by atoms with Crippen LogP contribution in [0.15, 0.2) is 24.3 Å². The highest BCUT2D eigenvalue weighted by Gasteiger charge is 2.05. The van der Waals surface area contributed by atoms with Crippen LogP contribution in [0, 0.1) is 0 Å². The Bertz CT molecular complexity index is 459. The van der Waals surface area contributed by atoms with E-state index in [-0.39, 0.29) is 5.56 Å². The second kappa shape index (κ2) is 5.50. The number of hydrogen-bond acceptors (Lipinski definition) is 3. The molecular formula is C10H11N3O4. The van der Waals surface area contributed by atoms with Crippen molar-refractivity contribution in [3.8, 4) is 0 Å². The zero-order valence-electron chi connectivity index (χ0n) is 8.77. The number of primary amides is 1. The van der Waals surface area contributed by atoms with E-state index in [4.69, 9.17) is 10.8 Å². The van der Waals surface area contributed by atoms with Gasteiger partial charge in [-0.15, -0.1) is 0 Å². The fourth-order valence-corrected chi connectivity index (χ4v) is 1.08. The van der Waals surface area contributed by atoms with Crippen molar-refractivity contribution >= 4 is 23.6 Å². The van der Waals surface area contributed by atoms with E-state index in [1.165, 1.54) is 12.1 Å². The van der Waals surface area contributed by atoms with E-state index in [0.29, 0.717) is 5.69 Å². The summed E-state index contributed by atoms with van der Waals surface area (Å²) in [6.07, 6.45) is 0. The number of anilines is 1. The van der Waals surface area contributed by atoms with Crippen LogP contribution in [0.5, 0.6) is 0 Å². The van der Waals surface area contributed by atoms with Crippen molar-refractivity contribution in [3.63, 3.8) is 0 Å². The summed E-state index contributed by atoms with van der Waals surface area (Å²) < 4.78 is 0. The van der Waals surface area contributed by atoms with Gasteiger partial charge in [0.2, 0.25) is 5.91 Å². The number of carboxylic acids is 1. The molecule has 0 aliphatic carbocycles. The summed E-state index contributed by atoms with van der Waals surface area (Å²) in [5.74, 6) is -1.76. The minimum Gasteiger partial charge on any atom is -0.480 e. The number of aliphatic carboxylic acids is 1. The lowest BCUT2D eigenvalue weighted by atomic mass is 10.2. The molecule has 0 fully saturated rings. The van der Waals surface area contributed by atoms with Gasteiger partial charge in [-0.1, -0.05) is 6.07 Å². The van der Waals surface area contributed by atoms with Gasteiger partial charge in [-0.2, -0.15) is 0 Å². The van der Waals surface area contributed by atoms with E-state index >= 15 is 0 Å². The van der Waals surface area contributed by atoms with E-state index in [1.54, 1.807) is 12.1 Å². The molecule has 0 spiro atoms. The van der Waals surface area contributed by atoms with Crippen LogP contribution in [0.1, 0.15) is 10.4 Å². The molecule has 1 aromatic carbocycles. The predicted molar refractivity (Wildman–Crippen MR) is 59.6 cm³/mol. The molecule has 0 aromatic heterocycles. The molecule has 7 heteroatoms. The number of nitrogens with one attached hydrogen (secondary N) is 2. The number of carbonyl (C=O) groups is 3. The number of nitrogens with two attached hydrogens (primary N) is 1. The Kier molecular flexibility index (Phi) is 4.04. The Balaban J connectivity index is 2.62. The summed E-state index contributed by atoms with van der Waals surface area (Å²) in [4.78, 5) is 32.3. The summed E-state index contributed by atoms with van der Waals surface area (Å²) in [6.45, 7) is -0.485. The highest BCUT2D eigenvalue weighted by Crippen LogP contribution is 2.09. The van der Waals surface area contributed by atoms with Crippen molar-refractivity contribution in [2.24, 2.45) is 5.73 Å². The van der Waals surface area contributed by atoms with E-state index in [1.807, 2.05) is 0 Å². The van der Waals surface area contributed by atoms with Gasteiger partial charge >= 0.3 is 12.0 Å². The van der Waals surface area contributed by atoms with Crippen molar-refractivity contribution in [1.82, 2.24) is 5.32 Å². The van der Waals surface area contributed by atoms with Crippen molar-refractivity contribution < 1.29 is 19.5 Å². The first kappa shape index (κ1) is 12.5. The number of carbonyl (C=O) groups excluding carboxylic acids is 2. The van der Waals surface area contributed by atoms with E-state index in [0.717, 1.165) is 0 Å².